The van der Waals surface area contributed by atoms with Gasteiger partial charge < -0.3 is 19.8 Å². The number of benzene rings is 1. The maximum Gasteiger partial charge on any atom is 0.200 e. The minimum absolute atomic E-state index is 0.598. The zero-order chi connectivity index (χ0) is 11.7. The number of hydrogen-bond donors (Lipinski definition) is 2. The average Bonchev–Trinajstić information content (AvgIpc) is 2.87. The van der Waals surface area contributed by atoms with Gasteiger partial charge in [0, 0.05) is 12.6 Å². The van der Waals surface area contributed by atoms with Gasteiger partial charge in [-0.05, 0) is 18.2 Å². The molecule has 2 aromatic rings. The van der Waals surface area contributed by atoms with Crippen LogP contribution in [0.15, 0.2) is 24.4 Å². The Kier molecular flexibility index (Phi) is 2.36. The summed E-state index contributed by atoms with van der Waals surface area (Å²) in [5.41, 5.74) is 1.98. The van der Waals surface area contributed by atoms with Crippen molar-refractivity contribution >= 4 is 5.95 Å². The molecule has 2 heterocycles. The van der Waals surface area contributed by atoms with E-state index in [-0.39, 0.29) is 0 Å². The fourth-order valence-electron chi connectivity index (χ4n) is 1.81. The lowest BCUT2D eigenvalue weighted by Gasteiger charge is -2.18. The van der Waals surface area contributed by atoms with Gasteiger partial charge in [0.25, 0.3) is 0 Å². The first-order valence-corrected chi connectivity index (χ1v) is 5.49. The predicted octanol–water partition coefficient (Wildman–Crippen LogP) is 1.89. The summed E-state index contributed by atoms with van der Waals surface area (Å²) in [5.74, 6) is 2.33. The summed E-state index contributed by atoms with van der Waals surface area (Å²) in [5, 5.41) is 2.96. The van der Waals surface area contributed by atoms with Crippen LogP contribution in [-0.4, -0.2) is 30.2 Å². The molecule has 0 saturated heterocycles. The largest absolute Gasteiger partial charge is 0.486 e. The smallest absolute Gasteiger partial charge is 0.200 e. The molecule has 17 heavy (non-hydrogen) atoms. The molecule has 5 heteroatoms. The third kappa shape index (κ3) is 1.80. The van der Waals surface area contributed by atoms with E-state index in [2.05, 4.69) is 15.3 Å². The van der Waals surface area contributed by atoms with Gasteiger partial charge in [0.15, 0.2) is 17.4 Å². The normalized spacial score (nSPS) is 13.5. The SMILES string of the molecule is CNc1ncc(-c2ccc3c(c2)OCCO3)[nH]1. The summed E-state index contributed by atoms with van der Waals surface area (Å²) < 4.78 is 11.0. The molecule has 0 saturated carbocycles. The highest BCUT2D eigenvalue weighted by Gasteiger charge is 2.13. The summed E-state index contributed by atoms with van der Waals surface area (Å²) in [4.78, 5) is 7.35. The number of nitrogens with one attached hydrogen (secondary N) is 2. The van der Waals surface area contributed by atoms with E-state index < -0.39 is 0 Å². The van der Waals surface area contributed by atoms with Crippen molar-refractivity contribution in [3.05, 3.63) is 24.4 Å². The second kappa shape index (κ2) is 4.01. The van der Waals surface area contributed by atoms with Crippen molar-refractivity contribution in [2.24, 2.45) is 0 Å². The van der Waals surface area contributed by atoms with Gasteiger partial charge in [0.05, 0.1) is 11.9 Å². The molecule has 5 nitrogen and oxygen atoms in total. The topological polar surface area (TPSA) is 59.2 Å². The molecule has 1 aliphatic heterocycles. The van der Waals surface area contributed by atoms with Gasteiger partial charge in [-0.1, -0.05) is 0 Å². The van der Waals surface area contributed by atoms with Crippen molar-refractivity contribution in [2.75, 3.05) is 25.6 Å². The molecule has 0 aliphatic carbocycles. The van der Waals surface area contributed by atoms with Crippen molar-refractivity contribution in [1.82, 2.24) is 9.97 Å². The van der Waals surface area contributed by atoms with Gasteiger partial charge >= 0.3 is 0 Å². The number of hydrogen-bond acceptors (Lipinski definition) is 4. The number of imidazole rings is 1. The maximum atomic E-state index is 5.54. The molecule has 1 aromatic carbocycles. The number of anilines is 1. The molecule has 0 amide bonds. The van der Waals surface area contributed by atoms with E-state index in [1.54, 1.807) is 6.20 Å². The Balaban J connectivity index is 1.97. The highest BCUT2D eigenvalue weighted by atomic mass is 16.6. The number of fused-ring (bicyclic) bond motifs is 1. The second-order valence-corrected chi connectivity index (χ2v) is 3.75. The van der Waals surface area contributed by atoms with Crippen molar-refractivity contribution in [3.63, 3.8) is 0 Å². The third-order valence-electron chi connectivity index (χ3n) is 2.67. The molecular weight excluding hydrogens is 218 g/mol. The Morgan fingerprint density at radius 1 is 1.24 bits per heavy atom. The van der Waals surface area contributed by atoms with Crippen molar-refractivity contribution in [2.45, 2.75) is 0 Å². The number of H-pyrrole nitrogens is 1. The standard InChI is InChI=1S/C12H13N3O2/c1-13-12-14-7-9(15-12)8-2-3-10-11(6-8)17-5-4-16-10/h2-3,6-7H,4-5H2,1H3,(H2,13,14,15). The Hall–Kier alpha value is -2.17. The Bertz CT molecular complexity index is 536. The fraction of sp³-hybridized carbons (Fsp3) is 0.250. The van der Waals surface area contributed by atoms with Crippen LogP contribution in [0.1, 0.15) is 0 Å². The maximum absolute atomic E-state index is 5.54. The third-order valence-corrected chi connectivity index (χ3v) is 2.67. The quantitative estimate of drug-likeness (QED) is 0.828. The molecule has 1 aromatic heterocycles. The van der Waals surface area contributed by atoms with Gasteiger partial charge in [-0.25, -0.2) is 4.98 Å². The van der Waals surface area contributed by atoms with Crippen molar-refractivity contribution in [1.29, 1.82) is 0 Å². The van der Waals surface area contributed by atoms with Gasteiger partial charge in [0.1, 0.15) is 13.2 Å². The van der Waals surface area contributed by atoms with Gasteiger partial charge in [-0.15, -0.1) is 0 Å². The Morgan fingerprint density at radius 3 is 2.82 bits per heavy atom. The lowest BCUT2D eigenvalue weighted by Crippen LogP contribution is -2.15. The van der Waals surface area contributed by atoms with Crippen molar-refractivity contribution in [3.8, 4) is 22.8 Å². The van der Waals surface area contributed by atoms with E-state index in [1.807, 2.05) is 25.2 Å². The molecule has 88 valence electrons. The van der Waals surface area contributed by atoms with Gasteiger partial charge in [-0.3, -0.25) is 0 Å². The van der Waals surface area contributed by atoms with Crippen LogP contribution >= 0.6 is 0 Å². The Labute approximate surface area is 98.8 Å². The Morgan fingerprint density at radius 2 is 2.06 bits per heavy atom. The molecule has 0 fully saturated rings. The van der Waals surface area contributed by atoms with Crippen LogP contribution in [0.2, 0.25) is 0 Å². The number of aromatic amines is 1. The first kappa shape index (κ1) is 10.0. The first-order valence-electron chi connectivity index (χ1n) is 5.49. The van der Waals surface area contributed by atoms with Crippen LogP contribution in [0.3, 0.4) is 0 Å². The molecule has 0 radical (unpaired) electrons. The summed E-state index contributed by atoms with van der Waals surface area (Å²) >= 11 is 0. The minimum atomic E-state index is 0.598. The van der Waals surface area contributed by atoms with E-state index in [1.165, 1.54) is 0 Å². The minimum Gasteiger partial charge on any atom is -0.486 e. The summed E-state index contributed by atoms with van der Waals surface area (Å²) in [6, 6.07) is 5.87. The molecule has 0 spiro atoms. The lowest BCUT2D eigenvalue weighted by atomic mass is 10.1. The lowest BCUT2D eigenvalue weighted by molar-refractivity contribution is 0.171. The molecule has 0 atom stereocenters. The highest BCUT2D eigenvalue weighted by molar-refractivity contribution is 5.65. The van der Waals surface area contributed by atoms with E-state index in [9.17, 15) is 0 Å². The van der Waals surface area contributed by atoms with Crippen molar-refractivity contribution < 1.29 is 9.47 Å². The molecule has 0 unspecified atom stereocenters. The number of rotatable bonds is 2. The van der Waals surface area contributed by atoms with Crippen LogP contribution in [0.25, 0.3) is 11.3 Å². The van der Waals surface area contributed by atoms with Crippen LogP contribution in [-0.2, 0) is 0 Å². The first-order chi connectivity index (χ1) is 8.36. The molecular formula is C12H13N3O2. The highest BCUT2D eigenvalue weighted by Crippen LogP contribution is 2.34. The van der Waals surface area contributed by atoms with E-state index >= 15 is 0 Å². The molecule has 2 N–H and O–H groups in total. The molecule has 0 bridgehead atoms. The van der Waals surface area contributed by atoms with Crippen LogP contribution in [0, 0.1) is 0 Å². The van der Waals surface area contributed by atoms with Gasteiger partial charge in [-0.2, -0.15) is 0 Å². The molecule has 1 aliphatic rings. The van der Waals surface area contributed by atoms with Crippen LogP contribution in [0.4, 0.5) is 5.95 Å². The zero-order valence-corrected chi connectivity index (χ0v) is 9.49. The van der Waals surface area contributed by atoms with Crippen LogP contribution in [0.5, 0.6) is 11.5 Å². The zero-order valence-electron chi connectivity index (χ0n) is 9.49. The summed E-state index contributed by atoms with van der Waals surface area (Å²) in [6.45, 7) is 1.21. The summed E-state index contributed by atoms with van der Waals surface area (Å²) in [6.07, 6.45) is 1.79. The number of ether oxygens (including phenoxy) is 2. The summed E-state index contributed by atoms with van der Waals surface area (Å²) in [7, 11) is 1.83. The number of aromatic nitrogens is 2. The second-order valence-electron chi connectivity index (χ2n) is 3.75. The number of nitrogens with zero attached hydrogens (tertiary/aromatic N) is 1. The predicted molar refractivity (Wildman–Crippen MR) is 64.6 cm³/mol. The van der Waals surface area contributed by atoms with E-state index in [4.69, 9.17) is 9.47 Å². The van der Waals surface area contributed by atoms with E-state index in [0.717, 1.165) is 28.7 Å². The van der Waals surface area contributed by atoms with Gasteiger partial charge in [0.2, 0.25) is 0 Å². The van der Waals surface area contributed by atoms with E-state index in [0.29, 0.717) is 13.2 Å². The monoisotopic (exact) mass is 231 g/mol. The fourth-order valence-corrected chi connectivity index (χ4v) is 1.81. The average molecular weight is 231 g/mol. The van der Waals surface area contributed by atoms with Crippen LogP contribution < -0.4 is 14.8 Å². The molecule has 3 rings (SSSR count).